The second kappa shape index (κ2) is 10.1. The summed E-state index contributed by atoms with van der Waals surface area (Å²) < 4.78 is 31.9. The van der Waals surface area contributed by atoms with E-state index in [0.29, 0.717) is 24.3 Å². The molecular weight excluding hydrogens is 486 g/mol. The molecule has 0 spiro atoms. The average Bonchev–Trinajstić information content (AvgIpc) is 2.68. The molecule has 1 aliphatic rings. The SMILES string of the molecule is C/C1=C(\C)CS(C)(OS(=O)(=O)c2c([N+](=O)[O-])cc([N+](=O)[O-])cc2[N+](=O)[O-])CCCCSC1. The number of nitrogens with zero attached hydrogens (tertiary/aromatic N) is 3. The summed E-state index contributed by atoms with van der Waals surface area (Å²) in [5, 5.41) is 34.1. The molecule has 1 heterocycles. The van der Waals surface area contributed by atoms with Crippen molar-refractivity contribution in [1.82, 2.24) is 0 Å². The van der Waals surface area contributed by atoms with Crippen molar-refractivity contribution >= 4 is 49.3 Å². The van der Waals surface area contributed by atoms with Gasteiger partial charge in [-0.1, -0.05) is 11.1 Å². The highest BCUT2D eigenvalue weighted by Gasteiger charge is 2.42. The van der Waals surface area contributed by atoms with Crippen LogP contribution in [0.1, 0.15) is 26.7 Å². The van der Waals surface area contributed by atoms with Crippen molar-refractivity contribution in [1.29, 1.82) is 0 Å². The number of hydrogen-bond acceptors (Lipinski definition) is 10. The largest absolute Gasteiger partial charge is 0.320 e. The minimum Gasteiger partial charge on any atom is -0.258 e. The maximum absolute atomic E-state index is 13.2. The van der Waals surface area contributed by atoms with Crippen LogP contribution in [-0.2, 0) is 13.7 Å². The van der Waals surface area contributed by atoms with Crippen LogP contribution in [0.3, 0.4) is 0 Å². The fraction of sp³-hybridized carbons (Fsp3) is 0.529. The number of non-ortho nitro benzene ring substituents is 1. The topological polar surface area (TPSA) is 173 Å². The Morgan fingerprint density at radius 3 is 2.03 bits per heavy atom. The van der Waals surface area contributed by atoms with Crippen molar-refractivity contribution in [2.24, 2.45) is 0 Å². The summed E-state index contributed by atoms with van der Waals surface area (Å²) in [5.74, 6) is 2.33. The van der Waals surface area contributed by atoms with Crippen molar-refractivity contribution in [3.8, 4) is 0 Å². The fourth-order valence-electron chi connectivity index (χ4n) is 3.14. The number of thioether (sulfide) groups is 1. The van der Waals surface area contributed by atoms with E-state index in [9.17, 15) is 38.8 Å². The number of nitro groups is 3. The van der Waals surface area contributed by atoms with Crippen LogP contribution < -0.4 is 0 Å². The van der Waals surface area contributed by atoms with Gasteiger partial charge in [-0.3, -0.25) is 30.3 Å². The van der Waals surface area contributed by atoms with Gasteiger partial charge < -0.3 is 0 Å². The van der Waals surface area contributed by atoms with Gasteiger partial charge in [0, 0.05) is 17.3 Å². The van der Waals surface area contributed by atoms with Gasteiger partial charge in [-0.25, -0.2) is 3.63 Å². The molecule has 1 atom stereocenters. The number of rotatable bonds is 6. The number of hydrogen-bond donors (Lipinski definition) is 0. The van der Waals surface area contributed by atoms with Crippen molar-refractivity contribution < 1.29 is 26.8 Å². The predicted molar refractivity (Wildman–Crippen MR) is 123 cm³/mol. The standard InChI is InChI=1S/C17H23N3O9S3/c1-12-10-30-6-4-5-7-31(3,11-13(12)2)29-32(27,28)17-15(19(23)24)8-14(18(21)22)9-16(17)20(25)26/h8-9H,4-7,10-11H2,1-3H3/b13-12-. The zero-order chi connectivity index (χ0) is 24.3. The van der Waals surface area contributed by atoms with E-state index in [-0.39, 0.29) is 5.75 Å². The highest BCUT2D eigenvalue weighted by atomic mass is 32.3. The molecule has 15 heteroatoms. The van der Waals surface area contributed by atoms with E-state index in [1.54, 1.807) is 18.0 Å². The molecule has 2 rings (SSSR count). The first-order chi connectivity index (χ1) is 14.8. The lowest BCUT2D eigenvalue weighted by Crippen LogP contribution is -2.20. The fourth-order valence-corrected chi connectivity index (χ4v) is 9.61. The molecule has 0 fully saturated rings. The predicted octanol–water partition coefficient (Wildman–Crippen LogP) is 4.33. The van der Waals surface area contributed by atoms with Gasteiger partial charge in [0.1, 0.15) is 0 Å². The van der Waals surface area contributed by atoms with Crippen LogP contribution in [0.25, 0.3) is 0 Å². The molecular formula is C17H23N3O9S3. The van der Waals surface area contributed by atoms with Gasteiger partial charge in [-0.05, 0) is 38.7 Å². The smallest absolute Gasteiger partial charge is 0.258 e. The molecule has 178 valence electrons. The van der Waals surface area contributed by atoms with Gasteiger partial charge in [0.2, 0.25) is 4.90 Å². The Kier molecular flexibility index (Phi) is 8.25. The molecule has 0 bridgehead atoms. The monoisotopic (exact) mass is 509 g/mol. The molecule has 12 nitrogen and oxygen atoms in total. The molecule has 1 aliphatic heterocycles. The Morgan fingerprint density at radius 1 is 0.969 bits per heavy atom. The zero-order valence-corrected chi connectivity index (χ0v) is 20.1. The van der Waals surface area contributed by atoms with Crippen molar-refractivity contribution in [3.63, 3.8) is 0 Å². The van der Waals surface area contributed by atoms with Gasteiger partial charge in [0.25, 0.3) is 5.69 Å². The van der Waals surface area contributed by atoms with Crippen LogP contribution in [0.15, 0.2) is 28.2 Å². The van der Waals surface area contributed by atoms with E-state index in [4.69, 9.17) is 3.63 Å². The van der Waals surface area contributed by atoms with Gasteiger partial charge in [-0.2, -0.15) is 20.2 Å². The van der Waals surface area contributed by atoms with Crippen molar-refractivity contribution in [3.05, 3.63) is 53.6 Å². The number of nitro benzene ring substituents is 3. The van der Waals surface area contributed by atoms with Gasteiger partial charge >= 0.3 is 21.5 Å². The van der Waals surface area contributed by atoms with Crippen LogP contribution >= 0.6 is 22.1 Å². The van der Waals surface area contributed by atoms with Crippen LogP contribution in [0.2, 0.25) is 0 Å². The van der Waals surface area contributed by atoms with E-state index >= 15 is 0 Å². The number of benzene rings is 1. The summed E-state index contributed by atoms with van der Waals surface area (Å²) in [6, 6.07) is 0.779. The van der Waals surface area contributed by atoms with Crippen molar-refractivity contribution in [2.45, 2.75) is 31.6 Å². The van der Waals surface area contributed by atoms with Gasteiger partial charge in [0.05, 0.1) is 26.9 Å². The highest BCUT2D eigenvalue weighted by Crippen LogP contribution is 2.52. The van der Waals surface area contributed by atoms with Crippen molar-refractivity contribution in [2.75, 3.05) is 29.3 Å². The molecule has 0 saturated heterocycles. The molecule has 0 aromatic heterocycles. The molecule has 0 radical (unpaired) electrons. The van der Waals surface area contributed by atoms with E-state index in [0.717, 1.165) is 29.1 Å². The minimum atomic E-state index is -5.00. The minimum absolute atomic E-state index is 0.285. The quantitative estimate of drug-likeness (QED) is 0.305. The highest BCUT2D eigenvalue weighted by molar-refractivity contribution is 8.32. The summed E-state index contributed by atoms with van der Waals surface area (Å²) >= 11 is 1.78. The van der Waals surface area contributed by atoms with Crippen LogP contribution in [-0.4, -0.2) is 52.5 Å². The molecule has 0 aliphatic carbocycles. The third-order valence-corrected chi connectivity index (χ3v) is 11.2. The maximum Gasteiger partial charge on any atom is 0.320 e. The van der Waals surface area contributed by atoms with Crippen LogP contribution in [0.4, 0.5) is 17.1 Å². The maximum atomic E-state index is 13.2. The lowest BCUT2D eigenvalue weighted by Gasteiger charge is -2.35. The zero-order valence-electron chi connectivity index (χ0n) is 17.6. The van der Waals surface area contributed by atoms with E-state index < -0.39 is 57.2 Å². The lowest BCUT2D eigenvalue weighted by molar-refractivity contribution is -0.407. The molecule has 0 saturated carbocycles. The van der Waals surface area contributed by atoms with Gasteiger partial charge in [-0.15, -0.1) is 10.3 Å². The van der Waals surface area contributed by atoms with E-state index in [2.05, 4.69) is 0 Å². The first-order valence-electron chi connectivity index (χ1n) is 9.31. The third kappa shape index (κ3) is 6.17. The summed E-state index contributed by atoms with van der Waals surface area (Å²) in [6.45, 7) is 3.79. The summed E-state index contributed by atoms with van der Waals surface area (Å²) in [4.78, 5) is 29.3. The summed E-state index contributed by atoms with van der Waals surface area (Å²) in [7, 11) is -7.37. The summed E-state index contributed by atoms with van der Waals surface area (Å²) in [5.41, 5.74) is -1.50. The Morgan fingerprint density at radius 2 is 1.53 bits per heavy atom. The normalized spacial score (nSPS) is 24.8. The second-order valence-electron chi connectivity index (χ2n) is 7.46. The van der Waals surface area contributed by atoms with Crippen LogP contribution in [0, 0.1) is 30.3 Å². The molecule has 1 aromatic rings. The molecule has 0 N–H and O–H groups in total. The Labute approximate surface area is 190 Å². The Hall–Kier alpha value is -2.23. The molecule has 1 aromatic carbocycles. The molecule has 1 unspecified atom stereocenters. The first kappa shape index (κ1) is 26.0. The molecule has 0 amide bonds. The second-order valence-corrected chi connectivity index (χ2v) is 13.5. The Balaban J connectivity index is 2.64. The Bertz CT molecular complexity index is 1050. The molecule has 32 heavy (non-hydrogen) atoms. The van der Waals surface area contributed by atoms with E-state index in [1.807, 2.05) is 13.8 Å². The lowest BCUT2D eigenvalue weighted by atomic mass is 10.2. The van der Waals surface area contributed by atoms with Gasteiger partial charge in [0.15, 0.2) is 0 Å². The van der Waals surface area contributed by atoms with Crippen LogP contribution in [0.5, 0.6) is 0 Å². The third-order valence-electron chi connectivity index (χ3n) is 4.83. The first-order valence-corrected chi connectivity index (χ1v) is 14.2. The average molecular weight is 510 g/mol. The van der Waals surface area contributed by atoms with E-state index in [1.165, 1.54) is 0 Å². The summed E-state index contributed by atoms with van der Waals surface area (Å²) in [6.07, 6.45) is 3.10.